The third-order valence-electron chi connectivity index (χ3n) is 8.06. The summed E-state index contributed by atoms with van der Waals surface area (Å²) in [5.41, 5.74) is -2.71. The Morgan fingerprint density at radius 1 is 0.983 bits per heavy atom. The third kappa shape index (κ3) is 8.95. The first-order valence-corrected chi connectivity index (χ1v) is 21.3. The minimum absolute atomic E-state index is 0.0164. The maximum atomic E-state index is 13.8. The quantitative estimate of drug-likeness (QED) is 0.0365. The maximum absolute atomic E-state index is 13.8. The second-order valence-electron chi connectivity index (χ2n) is 11.7. The van der Waals surface area contributed by atoms with E-state index >= 15 is 0 Å². The van der Waals surface area contributed by atoms with Crippen molar-refractivity contribution in [2.24, 2.45) is 10.1 Å². The van der Waals surface area contributed by atoms with E-state index in [-0.39, 0.29) is 24.2 Å². The largest absolute Gasteiger partial charge is 0.493 e. The first-order chi connectivity index (χ1) is 27.1. The summed E-state index contributed by atoms with van der Waals surface area (Å²) in [6.07, 6.45) is 5.82. The molecule has 1 aromatic heterocycles. The van der Waals surface area contributed by atoms with E-state index < -0.39 is 113 Å². The van der Waals surface area contributed by atoms with Crippen LogP contribution in [0, 0.1) is 0 Å². The number of nitrogens with zero attached hydrogens (tertiary/aromatic N) is 6. The van der Waals surface area contributed by atoms with Crippen LogP contribution < -0.4 is 10.3 Å². The van der Waals surface area contributed by atoms with Crippen molar-refractivity contribution in [1.29, 1.82) is 0 Å². The number of anilines is 1. The van der Waals surface area contributed by atoms with Crippen molar-refractivity contribution >= 4 is 83.2 Å². The number of aromatic hydroxyl groups is 1. The van der Waals surface area contributed by atoms with Gasteiger partial charge in [-0.05, 0) is 67.1 Å². The number of carbonyl (C=O) groups excluding carboxylic acids is 3. The molecule has 23 nitrogen and oxygen atoms in total. The Morgan fingerprint density at radius 3 is 2.17 bits per heavy atom. The molecule has 58 heavy (non-hydrogen) atoms. The molecule has 6 N–H and O–H groups in total. The molecule has 2 aliphatic heterocycles. The van der Waals surface area contributed by atoms with Gasteiger partial charge in [0.15, 0.2) is 23.2 Å². The minimum Gasteiger partial charge on any atom is -0.493 e. The number of amides is 3. The van der Waals surface area contributed by atoms with Crippen molar-refractivity contribution in [2.45, 2.75) is 32.4 Å². The van der Waals surface area contributed by atoms with Gasteiger partial charge < -0.3 is 24.6 Å². The Kier molecular flexibility index (Phi) is 12.3. The van der Waals surface area contributed by atoms with Crippen molar-refractivity contribution < 1.29 is 71.9 Å². The van der Waals surface area contributed by atoms with E-state index in [1.165, 1.54) is 31.1 Å². The van der Waals surface area contributed by atoms with Crippen LogP contribution >= 0.6 is 0 Å². The molecule has 0 aliphatic carbocycles. The van der Waals surface area contributed by atoms with E-state index in [4.69, 9.17) is 4.74 Å². The number of benzene rings is 2. The average molecular weight is 884 g/mol. The fourth-order valence-corrected chi connectivity index (χ4v) is 7.59. The van der Waals surface area contributed by atoms with Crippen molar-refractivity contribution in [3.8, 4) is 11.6 Å². The van der Waals surface area contributed by atoms with Gasteiger partial charge in [0, 0.05) is 32.8 Å². The first-order valence-electron chi connectivity index (χ1n) is 15.9. The topological polar surface area (TPSA) is 342 Å². The van der Waals surface area contributed by atoms with E-state index in [1.807, 2.05) is 0 Å². The highest BCUT2D eigenvalue weighted by Gasteiger charge is 2.36. The number of ether oxygens (including phenoxy) is 1. The van der Waals surface area contributed by atoms with Gasteiger partial charge in [-0.2, -0.15) is 40.0 Å². The SMILES string of the molecule is CN=COC1=NN(c2cc(S(=O)(=O)O)ccc2S(=O)(=O)O)C(=O)/C1=C\C=C(C=Cc1c(C(=O)NC)nn(-c2cc(S(=O)(=O)O)ccc2S(=O)O)c1O)N1CCCC1=O. The summed E-state index contributed by atoms with van der Waals surface area (Å²) in [7, 11) is -12.5. The normalized spacial score (nSPS) is 16.9. The molecule has 0 bridgehead atoms. The van der Waals surface area contributed by atoms with Crippen LogP contribution in [0.2, 0.25) is 0 Å². The molecule has 1 saturated heterocycles. The molecule has 2 aromatic carbocycles. The van der Waals surface area contributed by atoms with Gasteiger partial charge in [-0.3, -0.25) is 33.0 Å². The molecule has 5 rings (SSSR count). The summed E-state index contributed by atoms with van der Waals surface area (Å²) in [5.74, 6) is -3.93. The lowest BCUT2D eigenvalue weighted by Gasteiger charge is -2.17. The van der Waals surface area contributed by atoms with Crippen LogP contribution in [0.25, 0.3) is 11.8 Å². The van der Waals surface area contributed by atoms with Gasteiger partial charge in [-0.15, -0.1) is 5.10 Å². The second-order valence-corrected chi connectivity index (χ2v) is 16.8. The maximum Gasteiger partial charge on any atom is 0.296 e. The zero-order chi connectivity index (χ0) is 42.9. The predicted octanol–water partition coefficient (Wildman–Crippen LogP) is 0.739. The van der Waals surface area contributed by atoms with Gasteiger partial charge in [-0.1, -0.05) is 0 Å². The highest BCUT2D eigenvalue weighted by Crippen LogP contribution is 2.34. The molecule has 0 radical (unpaired) electrons. The number of hydrogen-bond acceptors (Lipinski definition) is 15. The summed E-state index contributed by atoms with van der Waals surface area (Å²) in [5, 5.41) is 21.9. The summed E-state index contributed by atoms with van der Waals surface area (Å²) in [6.45, 7) is 0.125. The van der Waals surface area contributed by atoms with E-state index in [0.717, 1.165) is 36.8 Å². The Balaban J connectivity index is 1.68. The number of carbonyl (C=O) groups is 3. The number of aliphatic imine (C=N–C) groups is 1. The van der Waals surface area contributed by atoms with Crippen LogP contribution in [0.4, 0.5) is 5.69 Å². The number of rotatable bonds is 12. The Hall–Kier alpha value is -5.94. The zero-order valence-electron chi connectivity index (χ0n) is 29.5. The molecule has 0 saturated carbocycles. The van der Waals surface area contributed by atoms with Gasteiger partial charge in [0.05, 0.1) is 31.6 Å². The summed E-state index contributed by atoms with van der Waals surface area (Å²) in [4.78, 5) is 41.5. The molecule has 3 amide bonds. The Morgan fingerprint density at radius 2 is 1.62 bits per heavy atom. The van der Waals surface area contributed by atoms with E-state index in [0.29, 0.717) is 34.3 Å². The van der Waals surface area contributed by atoms with Gasteiger partial charge in [-0.25, -0.2) is 4.21 Å². The molecule has 3 heterocycles. The van der Waals surface area contributed by atoms with E-state index in [1.54, 1.807) is 0 Å². The average Bonchev–Trinajstić information content (AvgIpc) is 3.82. The molecule has 308 valence electrons. The van der Waals surface area contributed by atoms with Crippen LogP contribution in [0.1, 0.15) is 28.9 Å². The molecular weight excluding hydrogens is 855 g/mol. The van der Waals surface area contributed by atoms with Crippen molar-refractivity contribution in [3.63, 3.8) is 0 Å². The fraction of sp³-hybridized carbons (Fsp3) is 0.161. The van der Waals surface area contributed by atoms with E-state index in [2.05, 4.69) is 20.5 Å². The van der Waals surface area contributed by atoms with Crippen molar-refractivity contribution in [1.82, 2.24) is 20.0 Å². The number of hydrogen-bond donors (Lipinski definition) is 6. The Labute approximate surface area is 330 Å². The van der Waals surface area contributed by atoms with E-state index in [9.17, 15) is 67.2 Å². The molecule has 3 aromatic rings. The lowest BCUT2D eigenvalue weighted by molar-refractivity contribution is -0.125. The lowest BCUT2D eigenvalue weighted by atomic mass is 10.1. The number of likely N-dealkylation sites (tertiary alicyclic amines) is 1. The summed E-state index contributed by atoms with van der Waals surface area (Å²) in [6, 6.07) is 4.21. The monoisotopic (exact) mass is 883 g/mol. The fourth-order valence-electron chi connectivity index (χ4n) is 5.43. The molecule has 1 unspecified atom stereocenters. The van der Waals surface area contributed by atoms with Crippen LogP contribution in [0.3, 0.4) is 0 Å². The standard InChI is InChI=1S/C31H29N7O16S4/c1-32-16-54-29-21(31(42)38(35-29)23-15-19(57(48,49)50)8-12-25(23)58(51,52)53)10-6-17(36-13-3-4-26(36)39)5-9-20-27(28(40)33-2)34-37(30(20)41)22-14-18(56(45,46)47)7-11-24(22)55(43)44/h5-12,14-16,41H,3-4,13H2,1-2H3,(H,33,40)(H,43,44)(H,45,46,47)(H,48,49,50)(H,51,52,53)/b9-5?,17-6?,21-10-,32-16?. The molecule has 27 heteroatoms. The number of allylic oxidation sites excluding steroid dienone is 3. The first kappa shape index (κ1) is 43.2. The third-order valence-corrected chi connectivity index (χ3v) is 11.4. The van der Waals surface area contributed by atoms with Gasteiger partial charge >= 0.3 is 0 Å². The molecule has 0 spiro atoms. The highest BCUT2D eigenvalue weighted by atomic mass is 32.2. The summed E-state index contributed by atoms with van der Waals surface area (Å²) < 4.78 is 129. The van der Waals surface area contributed by atoms with Crippen LogP contribution in [0.5, 0.6) is 5.88 Å². The zero-order valence-corrected chi connectivity index (χ0v) is 32.8. The number of nitrogens with one attached hydrogen (secondary N) is 1. The number of aromatic nitrogens is 2. The molecule has 1 fully saturated rings. The van der Waals surface area contributed by atoms with Crippen LogP contribution in [-0.2, 0) is 55.8 Å². The van der Waals surface area contributed by atoms with Crippen molar-refractivity contribution in [3.05, 3.63) is 77.2 Å². The summed E-state index contributed by atoms with van der Waals surface area (Å²) >= 11 is -2.82. The van der Waals surface area contributed by atoms with Crippen LogP contribution in [-0.4, -0.2) is 118 Å². The molecule has 1 atom stereocenters. The second kappa shape index (κ2) is 16.5. The van der Waals surface area contributed by atoms with Gasteiger partial charge in [0.2, 0.25) is 11.8 Å². The predicted molar refractivity (Wildman–Crippen MR) is 200 cm³/mol. The number of hydrazone groups is 1. The van der Waals surface area contributed by atoms with Gasteiger partial charge in [0.1, 0.15) is 10.5 Å². The smallest absolute Gasteiger partial charge is 0.296 e. The minimum atomic E-state index is -5.14. The lowest BCUT2D eigenvalue weighted by Crippen LogP contribution is -2.24. The molecule has 2 aliphatic rings. The van der Waals surface area contributed by atoms with Gasteiger partial charge in [0.25, 0.3) is 48.1 Å². The van der Waals surface area contributed by atoms with Crippen molar-refractivity contribution in [2.75, 3.05) is 25.6 Å². The van der Waals surface area contributed by atoms with Crippen LogP contribution in [0.15, 0.2) is 95.6 Å². The Bertz CT molecular complexity index is 2770. The highest BCUT2D eigenvalue weighted by molar-refractivity contribution is 7.86. The molecular formula is C31H29N7O16S4.